The molecule has 1 amide bonds. The number of hydrogen-bond donors (Lipinski definition) is 1. The summed E-state index contributed by atoms with van der Waals surface area (Å²) >= 11 is 0. The molecule has 1 N–H and O–H groups in total. The van der Waals surface area contributed by atoms with E-state index in [2.05, 4.69) is 0 Å². The van der Waals surface area contributed by atoms with Crippen LogP contribution in [0.25, 0.3) is 16.9 Å². The van der Waals surface area contributed by atoms with Crippen LogP contribution in [0.15, 0.2) is 60.8 Å². The van der Waals surface area contributed by atoms with Crippen LogP contribution in [0.2, 0.25) is 0 Å². The van der Waals surface area contributed by atoms with E-state index in [4.69, 9.17) is 9.84 Å². The van der Waals surface area contributed by atoms with Crippen LogP contribution in [0.4, 0.5) is 0 Å². The number of hydrogen-bond acceptors (Lipinski definition) is 4. The molecule has 4 rings (SSSR count). The van der Waals surface area contributed by atoms with Gasteiger partial charge in [0, 0.05) is 24.8 Å². The van der Waals surface area contributed by atoms with Crippen molar-refractivity contribution in [1.29, 1.82) is 0 Å². The van der Waals surface area contributed by atoms with E-state index in [9.17, 15) is 9.90 Å². The fourth-order valence-corrected chi connectivity index (χ4v) is 3.44. The number of piperidine rings is 1. The van der Waals surface area contributed by atoms with Gasteiger partial charge in [-0.1, -0.05) is 18.2 Å². The number of amides is 1. The van der Waals surface area contributed by atoms with E-state index in [0.29, 0.717) is 37.2 Å². The molecular formula is C22H23N3O3. The number of carbonyl (C=O) groups excluding carboxylic acids is 1. The highest BCUT2D eigenvalue weighted by molar-refractivity contribution is 6.00. The van der Waals surface area contributed by atoms with Crippen molar-refractivity contribution in [3.8, 4) is 22.7 Å². The fraction of sp³-hybridized carbons (Fsp3) is 0.273. The van der Waals surface area contributed by atoms with Gasteiger partial charge in [-0.05, 0) is 49.2 Å². The number of benzene rings is 2. The number of methoxy groups -OCH3 is 1. The van der Waals surface area contributed by atoms with Crippen molar-refractivity contribution in [2.75, 3.05) is 20.2 Å². The number of para-hydroxylation sites is 1. The Morgan fingerprint density at radius 1 is 1.07 bits per heavy atom. The Morgan fingerprint density at radius 2 is 1.75 bits per heavy atom. The number of carbonyl (C=O) groups is 1. The van der Waals surface area contributed by atoms with Gasteiger partial charge in [0.05, 0.1) is 24.5 Å². The van der Waals surface area contributed by atoms with Gasteiger partial charge < -0.3 is 14.7 Å². The average molecular weight is 377 g/mol. The SMILES string of the molecule is COc1ccc(-c2nn(-c3ccccc3)cc2C(=O)N2CCC(O)CC2)cc1. The molecule has 0 atom stereocenters. The number of ether oxygens (including phenoxy) is 1. The van der Waals surface area contributed by atoms with E-state index in [1.807, 2.05) is 54.6 Å². The third-order valence-corrected chi connectivity index (χ3v) is 5.08. The lowest BCUT2D eigenvalue weighted by Crippen LogP contribution is -2.40. The van der Waals surface area contributed by atoms with Crippen LogP contribution in [0, 0.1) is 0 Å². The van der Waals surface area contributed by atoms with Gasteiger partial charge in [0.15, 0.2) is 0 Å². The summed E-state index contributed by atoms with van der Waals surface area (Å²) in [5.41, 5.74) is 2.95. The topological polar surface area (TPSA) is 67.6 Å². The van der Waals surface area contributed by atoms with Crippen molar-refractivity contribution in [2.24, 2.45) is 0 Å². The number of aromatic nitrogens is 2. The molecule has 144 valence electrons. The molecule has 0 saturated carbocycles. The summed E-state index contributed by atoms with van der Waals surface area (Å²) in [6, 6.07) is 17.3. The molecule has 0 bridgehead atoms. The van der Waals surface area contributed by atoms with Gasteiger partial charge >= 0.3 is 0 Å². The summed E-state index contributed by atoms with van der Waals surface area (Å²) in [5, 5.41) is 14.5. The summed E-state index contributed by atoms with van der Waals surface area (Å²) in [6.07, 6.45) is 2.69. The predicted octanol–water partition coefficient (Wildman–Crippen LogP) is 3.14. The van der Waals surface area contributed by atoms with Crippen molar-refractivity contribution in [2.45, 2.75) is 18.9 Å². The molecule has 2 heterocycles. The minimum absolute atomic E-state index is 0.0556. The molecule has 1 aromatic heterocycles. The molecule has 2 aromatic carbocycles. The second kappa shape index (κ2) is 7.86. The maximum atomic E-state index is 13.2. The molecule has 28 heavy (non-hydrogen) atoms. The van der Waals surface area contributed by atoms with E-state index in [1.54, 1.807) is 22.9 Å². The largest absolute Gasteiger partial charge is 0.497 e. The quantitative estimate of drug-likeness (QED) is 0.758. The van der Waals surface area contributed by atoms with Crippen LogP contribution in [0.1, 0.15) is 23.2 Å². The standard InChI is InChI=1S/C22H23N3O3/c1-28-19-9-7-16(8-10-19)21-20(22(27)24-13-11-18(26)12-14-24)15-25(23-21)17-5-3-2-4-6-17/h2-10,15,18,26H,11-14H2,1H3. The zero-order chi connectivity index (χ0) is 19.5. The molecule has 0 radical (unpaired) electrons. The molecule has 6 nitrogen and oxygen atoms in total. The number of likely N-dealkylation sites (tertiary alicyclic amines) is 1. The molecule has 3 aromatic rings. The van der Waals surface area contributed by atoms with E-state index < -0.39 is 0 Å². The second-order valence-corrected chi connectivity index (χ2v) is 6.92. The molecule has 0 unspecified atom stereocenters. The lowest BCUT2D eigenvalue weighted by atomic mass is 10.0. The van der Waals surface area contributed by atoms with Crippen LogP contribution in [0.3, 0.4) is 0 Å². The number of nitrogens with zero attached hydrogens (tertiary/aromatic N) is 3. The first-order valence-electron chi connectivity index (χ1n) is 9.42. The number of rotatable bonds is 4. The predicted molar refractivity (Wildman–Crippen MR) is 107 cm³/mol. The molecule has 1 saturated heterocycles. The van der Waals surface area contributed by atoms with E-state index in [1.165, 1.54) is 0 Å². The van der Waals surface area contributed by atoms with E-state index in [-0.39, 0.29) is 12.0 Å². The van der Waals surface area contributed by atoms with Gasteiger partial charge in [-0.2, -0.15) is 5.10 Å². The molecule has 1 aliphatic rings. The third-order valence-electron chi connectivity index (χ3n) is 5.08. The summed E-state index contributed by atoms with van der Waals surface area (Å²) in [5.74, 6) is 0.698. The zero-order valence-corrected chi connectivity index (χ0v) is 15.8. The van der Waals surface area contributed by atoms with Gasteiger partial charge in [-0.25, -0.2) is 4.68 Å². The Morgan fingerprint density at radius 3 is 2.39 bits per heavy atom. The Kier molecular flexibility index (Phi) is 5.12. The van der Waals surface area contributed by atoms with Crippen molar-refractivity contribution < 1.29 is 14.6 Å². The zero-order valence-electron chi connectivity index (χ0n) is 15.8. The van der Waals surface area contributed by atoms with Crippen LogP contribution in [0.5, 0.6) is 5.75 Å². The lowest BCUT2D eigenvalue weighted by Gasteiger charge is -2.29. The Hall–Kier alpha value is -3.12. The minimum atomic E-state index is -0.322. The van der Waals surface area contributed by atoms with E-state index >= 15 is 0 Å². The first kappa shape index (κ1) is 18.3. The first-order chi connectivity index (χ1) is 13.7. The highest BCUT2D eigenvalue weighted by Gasteiger charge is 2.26. The van der Waals surface area contributed by atoms with Crippen molar-refractivity contribution in [1.82, 2.24) is 14.7 Å². The third kappa shape index (κ3) is 3.64. The Bertz CT molecular complexity index is 943. The Labute approximate surface area is 164 Å². The van der Waals surface area contributed by atoms with Gasteiger partial charge in [-0.15, -0.1) is 0 Å². The van der Waals surface area contributed by atoms with Crippen molar-refractivity contribution in [3.63, 3.8) is 0 Å². The Balaban J connectivity index is 1.74. The maximum absolute atomic E-state index is 13.2. The lowest BCUT2D eigenvalue weighted by molar-refractivity contribution is 0.0547. The number of aliphatic hydroxyl groups is 1. The molecule has 1 fully saturated rings. The van der Waals surface area contributed by atoms with Crippen LogP contribution >= 0.6 is 0 Å². The molecule has 0 aliphatic carbocycles. The maximum Gasteiger partial charge on any atom is 0.257 e. The minimum Gasteiger partial charge on any atom is -0.497 e. The molecule has 0 spiro atoms. The average Bonchev–Trinajstić information content (AvgIpc) is 3.20. The number of aliphatic hydroxyl groups excluding tert-OH is 1. The summed E-state index contributed by atoms with van der Waals surface area (Å²) in [6.45, 7) is 1.11. The summed E-state index contributed by atoms with van der Waals surface area (Å²) in [7, 11) is 1.62. The monoisotopic (exact) mass is 377 g/mol. The second-order valence-electron chi connectivity index (χ2n) is 6.92. The fourth-order valence-electron chi connectivity index (χ4n) is 3.44. The van der Waals surface area contributed by atoms with Crippen molar-refractivity contribution >= 4 is 5.91 Å². The van der Waals surface area contributed by atoms with Gasteiger partial charge in [0.1, 0.15) is 11.4 Å². The first-order valence-corrected chi connectivity index (χ1v) is 9.42. The molecule has 1 aliphatic heterocycles. The van der Waals surface area contributed by atoms with Crippen LogP contribution in [-0.2, 0) is 0 Å². The summed E-state index contributed by atoms with van der Waals surface area (Å²) < 4.78 is 6.98. The van der Waals surface area contributed by atoms with Gasteiger partial charge in [0.2, 0.25) is 0 Å². The van der Waals surface area contributed by atoms with Crippen LogP contribution < -0.4 is 4.74 Å². The highest BCUT2D eigenvalue weighted by atomic mass is 16.5. The van der Waals surface area contributed by atoms with Crippen molar-refractivity contribution in [3.05, 3.63) is 66.4 Å². The van der Waals surface area contributed by atoms with Crippen LogP contribution in [-0.4, -0.2) is 52.0 Å². The molecule has 6 heteroatoms. The highest BCUT2D eigenvalue weighted by Crippen LogP contribution is 2.27. The van der Waals surface area contributed by atoms with Gasteiger partial charge in [0.25, 0.3) is 5.91 Å². The molecular weight excluding hydrogens is 354 g/mol. The summed E-state index contributed by atoms with van der Waals surface area (Å²) in [4.78, 5) is 15.0. The normalized spacial score (nSPS) is 14.9. The smallest absolute Gasteiger partial charge is 0.257 e. The van der Waals surface area contributed by atoms with Gasteiger partial charge in [-0.3, -0.25) is 4.79 Å². The van der Waals surface area contributed by atoms with E-state index in [0.717, 1.165) is 17.0 Å².